The molecular weight excluding hydrogens is 384 g/mol. The zero-order valence-electron chi connectivity index (χ0n) is 16.7. The van der Waals surface area contributed by atoms with E-state index < -0.39 is 0 Å². The predicted molar refractivity (Wildman–Crippen MR) is 119 cm³/mol. The van der Waals surface area contributed by atoms with Crippen LogP contribution in [0.3, 0.4) is 0 Å². The second-order valence-corrected chi connectivity index (χ2v) is 7.39. The number of benzene rings is 2. The quantitative estimate of drug-likeness (QED) is 0.575. The zero-order valence-corrected chi connectivity index (χ0v) is 17.5. The summed E-state index contributed by atoms with van der Waals surface area (Å²) in [5.41, 5.74) is 3.43. The van der Waals surface area contributed by atoms with Crippen LogP contribution < -0.4 is 10.7 Å². The number of carbonyl (C=O) groups is 1. The van der Waals surface area contributed by atoms with Gasteiger partial charge in [0.05, 0.1) is 0 Å². The third-order valence-electron chi connectivity index (χ3n) is 4.87. The van der Waals surface area contributed by atoms with Gasteiger partial charge in [0.2, 0.25) is 0 Å². The SMILES string of the molecule is CCCc1c(C(=O)Nc2ccccc2)c(=O)cc(CC)n1Cc1ccc(Cl)cc1. The zero-order chi connectivity index (χ0) is 20.8. The highest BCUT2D eigenvalue weighted by Gasteiger charge is 2.21. The van der Waals surface area contributed by atoms with Gasteiger partial charge in [0.1, 0.15) is 5.56 Å². The summed E-state index contributed by atoms with van der Waals surface area (Å²) in [7, 11) is 0. The number of hydrogen-bond acceptors (Lipinski definition) is 2. The molecule has 3 rings (SSSR count). The van der Waals surface area contributed by atoms with Gasteiger partial charge in [-0.3, -0.25) is 9.59 Å². The Morgan fingerprint density at radius 2 is 1.72 bits per heavy atom. The first-order valence-electron chi connectivity index (χ1n) is 9.89. The second kappa shape index (κ2) is 9.57. The molecule has 1 amide bonds. The van der Waals surface area contributed by atoms with E-state index in [1.54, 1.807) is 6.07 Å². The number of nitrogens with zero attached hydrogens (tertiary/aromatic N) is 1. The number of pyridine rings is 1. The van der Waals surface area contributed by atoms with Crippen LogP contribution in [-0.4, -0.2) is 10.5 Å². The molecule has 0 spiro atoms. The van der Waals surface area contributed by atoms with Gasteiger partial charge in [-0.1, -0.05) is 62.2 Å². The van der Waals surface area contributed by atoms with E-state index in [-0.39, 0.29) is 16.9 Å². The van der Waals surface area contributed by atoms with Crippen molar-refractivity contribution in [2.75, 3.05) is 5.32 Å². The van der Waals surface area contributed by atoms with E-state index in [0.717, 1.165) is 23.4 Å². The lowest BCUT2D eigenvalue weighted by Crippen LogP contribution is -2.29. The molecule has 150 valence electrons. The Kier molecular flexibility index (Phi) is 6.89. The van der Waals surface area contributed by atoms with Gasteiger partial charge in [-0.2, -0.15) is 0 Å². The first-order chi connectivity index (χ1) is 14.0. The van der Waals surface area contributed by atoms with Gasteiger partial charge in [0.15, 0.2) is 5.43 Å². The molecule has 2 aromatic carbocycles. The van der Waals surface area contributed by atoms with Crippen LogP contribution in [0.25, 0.3) is 0 Å². The van der Waals surface area contributed by atoms with Crippen molar-refractivity contribution < 1.29 is 4.79 Å². The fourth-order valence-corrected chi connectivity index (χ4v) is 3.59. The summed E-state index contributed by atoms with van der Waals surface area (Å²) in [5, 5.41) is 3.55. The molecule has 0 atom stereocenters. The highest BCUT2D eigenvalue weighted by molar-refractivity contribution is 6.30. The van der Waals surface area contributed by atoms with Gasteiger partial charge in [-0.25, -0.2) is 0 Å². The molecule has 0 saturated carbocycles. The average Bonchev–Trinajstić information content (AvgIpc) is 2.72. The molecule has 0 radical (unpaired) electrons. The Labute approximate surface area is 176 Å². The predicted octanol–water partition coefficient (Wildman–Crippen LogP) is 5.32. The van der Waals surface area contributed by atoms with Crippen LogP contribution in [0.2, 0.25) is 5.02 Å². The monoisotopic (exact) mass is 408 g/mol. The Morgan fingerprint density at radius 1 is 1.03 bits per heavy atom. The minimum Gasteiger partial charge on any atom is -0.343 e. The molecule has 1 aromatic heterocycles. The Balaban J connectivity index is 2.08. The highest BCUT2D eigenvalue weighted by atomic mass is 35.5. The van der Waals surface area contributed by atoms with Crippen LogP contribution in [0.4, 0.5) is 5.69 Å². The van der Waals surface area contributed by atoms with Gasteiger partial charge in [0.25, 0.3) is 5.91 Å². The summed E-state index contributed by atoms with van der Waals surface area (Å²) in [6, 6.07) is 18.4. The molecule has 0 aliphatic carbocycles. The van der Waals surface area contributed by atoms with E-state index in [0.29, 0.717) is 30.1 Å². The van der Waals surface area contributed by atoms with Crippen LogP contribution in [0.1, 0.15) is 47.6 Å². The number of aryl methyl sites for hydroxylation is 1. The maximum atomic E-state index is 13.0. The van der Waals surface area contributed by atoms with Gasteiger partial charge in [-0.05, 0) is 42.7 Å². The minimum atomic E-state index is -0.364. The number of nitrogens with one attached hydrogen (secondary N) is 1. The van der Waals surface area contributed by atoms with Crippen LogP contribution in [-0.2, 0) is 19.4 Å². The number of anilines is 1. The lowest BCUT2D eigenvalue weighted by Gasteiger charge is -2.21. The van der Waals surface area contributed by atoms with Crippen molar-refractivity contribution in [3.63, 3.8) is 0 Å². The summed E-state index contributed by atoms with van der Waals surface area (Å²) < 4.78 is 2.11. The van der Waals surface area contributed by atoms with E-state index in [1.807, 2.05) is 61.5 Å². The van der Waals surface area contributed by atoms with Crippen molar-refractivity contribution in [1.82, 2.24) is 4.57 Å². The van der Waals surface area contributed by atoms with Crippen LogP contribution in [0.5, 0.6) is 0 Å². The van der Waals surface area contributed by atoms with Crippen LogP contribution in [0.15, 0.2) is 65.5 Å². The van der Waals surface area contributed by atoms with Crippen molar-refractivity contribution in [1.29, 1.82) is 0 Å². The van der Waals surface area contributed by atoms with Crippen LogP contribution >= 0.6 is 11.6 Å². The number of para-hydroxylation sites is 1. The average molecular weight is 409 g/mol. The number of halogens is 1. The van der Waals surface area contributed by atoms with Crippen LogP contribution in [0, 0.1) is 0 Å². The Morgan fingerprint density at radius 3 is 2.34 bits per heavy atom. The van der Waals surface area contributed by atoms with Gasteiger partial charge >= 0.3 is 0 Å². The van der Waals surface area contributed by atoms with E-state index in [2.05, 4.69) is 16.8 Å². The Bertz CT molecular complexity index is 1040. The van der Waals surface area contributed by atoms with Crippen molar-refractivity contribution in [2.45, 2.75) is 39.7 Å². The third-order valence-corrected chi connectivity index (χ3v) is 5.12. The smallest absolute Gasteiger partial charge is 0.261 e. The van der Waals surface area contributed by atoms with Gasteiger partial charge < -0.3 is 9.88 Å². The van der Waals surface area contributed by atoms with Gasteiger partial charge in [0, 0.05) is 34.7 Å². The van der Waals surface area contributed by atoms with E-state index in [9.17, 15) is 9.59 Å². The number of amides is 1. The molecule has 29 heavy (non-hydrogen) atoms. The molecule has 1 heterocycles. The summed E-state index contributed by atoms with van der Waals surface area (Å²) in [5.74, 6) is -0.364. The van der Waals surface area contributed by atoms with Crippen molar-refractivity contribution in [3.8, 4) is 0 Å². The highest BCUT2D eigenvalue weighted by Crippen LogP contribution is 2.18. The summed E-state index contributed by atoms with van der Waals surface area (Å²) >= 11 is 6.02. The lowest BCUT2D eigenvalue weighted by atomic mass is 10.0. The van der Waals surface area contributed by atoms with E-state index in [4.69, 9.17) is 11.6 Å². The molecule has 0 bridgehead atoms. The number of carbonyl (C=O) groups excluding carboxylic acids is 1. The standard InChI is InChI=1S/C24H25ClN2O2/c1-3-8-21-23(24(29)26-19-9-6-5-7-10-19)22(28)15-20(4-2)27(21)16-17-11-13-18(25)14-12-17/h5-7,9-15H,3-4,8,16H2,1-2H3,(H,26,29). The first-order valence-corrected chi connectivity index (χ1v) is 10.3. The van der Waals surface area contributed by atoms with E-state index >= 15 is 0 Å². The van der Waals surface area contributed by atoms with Crippen molar-refractivity contribution in [2.24, 2.45) is 0 Å². The maximum absolute atomic E-state index is 13.0. The first kappa shape index (κ1) is 20.9. The molecule has 3 aromatic rings. The number of rotatable bonds is 7. The molecule has 0 unspecified atom stereocenters. The van der Waals surface area contributed by atoms with E-state index in [1.165, 1.54) is 0 Å². The van der Waals surface area contributed by atoms with Crippen molar-refractivity contribution >= 4 is 23.2 Å². The van der Waals surface area contributed by atoms with Gasteiger partial charge in [-0.15, -0.1) is 0 Å². The molecule has 0 saturated heterocycles. The minimum absolute atomic E-state index is 0.224. The number of aromatic nitrogens is 1. The number of hydrogen-bond donors (Lipinski definition) is 1. The van der Waals surface area contributed by atoms with Crippen molar-refractivity contribution in [3.05, 3.63) is 98.4 Å². The molecule has 1 N–H and O–H groups in total. The third kappa shape index (κ3) is 4.96. The molecule has 0 aliphatic rings. The summed E-state index contributed by atoms with van der Waals surface area (Å²) in [6.07, 6.45) is 2.19. The second-order valence-electron chi connectivity index (χ2n) is 6.96. The summed E-state index contributed by atoms with van der Waals surface area (Å²) in [4.78, 5) is 25.9. The molecule has 0 fully saturated rings. The largest absolute Gasteiger partial charge is 0.343 e. The molecule has 5 heteroatoms. The molecule has 4 nitrogen and oxygen atoms in total. The Hall–Kier alpha value is -2.85. The molecular formula is C24H25ClN2O2. The summed E-state index contributed by atoms with van der Waals surface area (Å²) in [6.45, 7) is 4.66. The fourth-order valence-electron chi connectivity index (χ4n) is 3.47. The topological polar surface area (TPSA) is 51.1 Å². The fraction of sp³-hybridized carbons (Fsp3) is 0.250. The normalized spacial score (nSPS) is 10.7. The molecule has 0 aliphatic heterocycles. The lowest BCUT2D eigenvalue weighted by molar-refractivity contribution is 0.102. The maximum Gasteiger partial charge on any atom is 0.261 e.